The first-order chi connectivity index (χ1) is 11.2. The molecule has 3 aromatic rings. The van der Waals surface area contributed by atoms with E-state index in [-0.39, 0.29) is 5.56 Å². The van der Waals surface area contributed by atoms with Gasteiger partial charge in [-0.15, -0.1) is 0 Å². The number of pyridine rings is 2. The number of aromatic nitrogens is 4. The van der Waals surface area contributed by atoms with Gasteiger partial charge in [0.15, 0.2) is 5.65 Å². The smallest absolute Gasteiger partial charge is 0.250 e. The Hall–Kier alpha value is -2.63. The molecule has 23 heavy (non-hydrogen) atoms. The molecule has 0 saturated carbocycles. The molecule has 1 atom stereocenters. The fourth-order valence-electron chi connectivity index (χ4n) is 3.40. The van der Waals surface area contributed by atoms with E-state index in [1.165, 1.54) is 6.42 Å². The van der Waals surface area contributed by atoms with E-state index in [0.29, 0.717) is 6.04 Å². The van der Waals surface area contributed by atoms with Crippen molar-refractivity contribution in [3.05, 3.63) is 40.9 Å². The maximum atomic E-state index is 12.2. The first-order valence-electron chi connectivity index (χ1n) is 8.02. The minimum atomic E-state index is -0.0799. The molecule has 0 spiro atoms. The lowest BCUT2D eigenvalue weighted by molar-refractivity contribution is 0.481. The van der Waals surface area contributed by atoms with Crippen molar-refractivity contribution < 1.29 is 0 Å². The molecule has 0 radical (unpaired) electrons. The molecule has 3 aromatic heterocycles. The second kappa shape index (κ2) is 5.53. The van der Waals surface area contributed by atoms with Gasteiger partial charge in [-0.1, -0.05) is 0 Å². The molecule has 6 nitrogen and oxygen atoms in total. The van der Waals surface area contributed by atoms with Crippen molar-refractivity contribution in [2.75, 3.05) is 11.4 Å². The van der Waals surface area contributed by atoms with E-state index in [1.54, 1.807) is 18.5 Å². The third kappa shape index (κ3) is 2.50. The largest absolute Gasteiger partial charge is 0.355 e. The van der Waals surface area contributed by atoms with Gasteiger partial charge in [0.1, 0.15) is 5.82 Å². The Labute approximate surface area is 133 Å². The molecule has 6 heteroatoms. The predicted molar refractivity (Wildman–Crippen MR) is 90.6 cm³/mol. The van der Waals surface area contributed by atoms with E-state index < -0.39 is 0 Å². The van der Waals surface area contributed by atoms with Crippen molar-refractivity contribution in [1.29, 1.82) is 0 Å². The van der Waals surface area contributed by atoms with Crippen molar-refractivity contribution in [2.24, 2.45) is 0 Å². The topological polar surface area (TPSA) is 77.7 Å². The maximum absolute atomic E-state index is 12.2. The highest BCUT2D eigenvalue weighted by Crippen LogP contribution is 2.29. The third-order valence-corrected chi connectivity index (χ3v) is 4.61. The summed E-state index contributed by atoms with van der Waals surface area (Å²) in [7, 11) is 0. The van der Waals surface area contributed by atoms with Crippen molar-refractivity contribution in [3.63, 3.8) is 0 Å². The fraction of sp³-hybridized carbons (Fsp3) is 0.353. The number of nitrogens with one attached hydrogen (secondary N) is 2. The van der Waals surface area contributed by atoms with Crippen LogP contribution in [0, 0.1) is 0 Å². The normalized spacial score (nSPS) is 18.5. The Morgan fingerprint density at radius 1 is 1.30 bits per heavy atom. The Balaban J connectivity index is 1.84. The number of nitrogens with zero attached hydrogens (tertiary/aromatic N) is 3. The Bertz CT molecular complexity index is 897. The highest BCUT2D eigenvalue weighted by molar-refractivity contribution is 5.92. The molecule has 0 aromatic carbocycles. The summed E-state index contributed by atoms with van der Waals surface area (Å²) in [5.74, 6) is 0.896. The Morgan fingerprint density at radius 3 is 3.09 bits per heavy atom. The van der Waals surface area contributed by atoms with Gasteiger partial charge in [-0.05, 0) is 49.4 Å². The van der Waals surface area contributed by atoms with Crippen LogP contribution in [0.4, 0.5) is 5.82 Å². The molecule has 0 bridgehead atoms. The van der Waals surface area contributed by atoms with Crippen molar-refractivity contribution in [2.45, 2.75) is 32.2 Å². The number of H-pyrrole nitrogens is 2. The van der Waals surface area contributed by atoms with Gasteiger partial charge in [-0.25, -0.2) is 4.98 Å². The summed E-state index contributed by atoms with van der Waals surface area (Å²) in [6, 6.07) is 6.07. The van der Waals surface area contributed by atoms with E-state index in [0.717, 1.165) is 47.4 Å². The molecule has 2 N–H and O–H groups in total. The first kappa shape index (κ1) is 14.0. The van der Waals surface area contributed by atoms with Crippen LogP contribution in [0.25, 0.3) is 22.2 Å². The van der Waals surface area contributed by atoms with E-state index >= 15 is 0 Å². The minimum Gasteiger partial charge on any atom is -0.355 e. The lowest BCUT2D eigenvalue weighted by Gasteiger charge is -2.35. The van der Waals surface area contributed by atoms with Crippen molar-refractivity contribution in [1.82, 2.24) is 20.2 Å². The van der Waals surface area contributed by atoms with Crippen LogP contribution < -0.4 is 10.5 Å². The summed E-state index contributed by atoms with van der Waals surface area (Å²) >= 11 is 0. The zero-order valence-electron chi connectivity index (χ0n) is 13.0. The van der Waals surface area contributed by atoms with E-state index in [1.807, 2.05) is 6.07 Å². The van der Waals surface area contributed by atoms with Gasteiger partial charge >= 0.3 is 0 Å². The molecule has 0 unspecified atom stereocenters. The molecule has 1 fully saturated rings. The van der Waals surface area contributed by atoms with Crippen LogP contribution in [0.1, 0.15) is 26.2 Å². The molecule has 0 aliphatic carbocycles. The number of hydrogen-bond donors (Lipinski definition) is 2. The molecule has 4 heterocycles. The fourth-order valence-corrected chi connectivity index (χ4v) is 3.40. The van der Waals surface area contributed by atoms with Crippen molar-refractivity contribution in [3.8, 4) is 11.1 Å². The number of rotatable bonds is 2. The average molecular weight is 309 g/mol. The standard InChI is InChI=1S/C17H19N5O/c1-11-4-2-3-7-22(11)15-8-12(9-16(23)20-15)13-5-6-18-17-14(13)10-19-21-17/h5-6,8-11H,2-4,7H2,1H3,(H,20,23)(H,18,19,21)/t11-/m1/s1. The molecule has 1 aliphatic heterocycles. The van der Waals surface area contributed by atoms with Crippen molar-refractivity contribution >= 4 is 16.9 Å². The predicted octanol–water partition coefficient (Wildman–Crippen LogP) is 2.69. The Morgan fingerprint density at radius 2 is 2.22 bits per heavy atom. The second-order valence-electron chi connectivity index (χ2n) is 6.15. The third-order valence-electron chi connectivity index (χ3n) is 4.61. The summed E-state index contributed by atoms with van der Waals surface area (Å²) in [4.78, 5) is 21.7. The quantitative estimate of drug-likeness (QED) is 0.763. The van der Waals surface area contributed by atoms with Gasteiger partial charge in [0.25, 0.3) is 0 Å². The minimum absolute atomic E-state index is 0.0799. The maximum Gasteiger partial charge on any atom is 0.250 e. The van der Waals surface area contributed by atoms with Crippen LogP contribution in [0.15, 0.2) is 35.4 Å². The number of hydrogen-bond acceptors (Lipinski definition) is 4. The summed E-state index contributed by atoms with van der Waals surface area (Å²) < 4.78 is 0. The number of anilines is 1. The Kier molecular flexibility index (Phi) is 3.37. The van der Waals surface area contributed by atoms with Crippen LogP contribution in [0.3, 0.4) is 0 Å². The molecule has 4 rings (SSSR count). The van der Waals surface area contributed by atoms with Gasteiger partial charge in [0, 0.05) is 30.2 Å². The number of piperidine rings is 1. The molecule has 1 saturated heterocycles. The van der Waals surface area contributed by atoms with Gasteiger partial charge in [-0.2, -0.15) is 5.10 Å². The molecular formula is C17H19N5O. The molecule has 0 amide bonds. The summed E-state index contributed by atoms with van der Waals surface area (Å²) in [6.07, 6.45) is 7.06. The monoisotopic (exact) mass is 309 g/mol. The summed E-state index contributed by atoms with van der Waals surface area (Å²) in [5.41, 5.74) is 2.52. The van der Waals surface area contributed by atoms with Crippen LogP contribution >= 0.6 is 0 Å². The summed E-state index contributed by atoms with van der Waals surface area (Å²) in [5, 5.41) is 7.85. The van der Waals surface area contributed by atoms with Gasteiger partial charge in [-0.3, -0.25) is 9.89 Å². The van der Waals surface area contributed by atoms with Gasteiger partial charge < -0.3 is 9.88 Å². The molecular weight excluding hydrogens is 290 g/mol. The van der Waals surface area contributed by atoms with E-state index in [2.05, 4.69) is 38.1 Å². The average Bonchev–Trinajstić information content (AvgIpc) is 3.03. The van der Waals surface area contributed by atoms with Crippen LogP contribution in [0.5, 0.6) is 0 Å². The van der Waals surface area contributed by atoms with Gasteiger partial charge in [0.2, 0.25) is 5.56 Å². The highest BCUT2D eigenvalue weighted by Gasteiger charge is 2.20. The zero-order chi connectivity index (χ0) is 15.8. The second-order valence-corrected chi connectivity index (χ2v) is 6.15. The van der Waals surface area contributed by atoms with Gasteiger partial charge in [0.05, 0.1) is 6.20 Å². The SMILES string of the molecule is C[C@@H]1CCCCN1c1cc(-c2ccnc3[nH]ncc23)cc(=O)[nH]1. The van der Waals surface area contributed by atoms with E-state index in [4.69, 9.17) is 0 Å². The lowest BCUT2D eigenvalue weighted by atomic mass is 10.0. The number of aromatic amines is 2. The number of fused-ring (bicyclic) bond motifs is 1. The molecule has 1 aliphatic rings. The first-order valence-corrected chi connectivity index (χ1v) is 8.02. The van der Waals surface area contributed by atoms with Crippen LogP contribution in [0.2, 0.25) is 0 Å². The lowest BCUT2D eigenvalue weighted by Crippen LogP contribution is -2.38. The van der Waals surface area contributed by atoms with Crippen LogP contribution in [-0.4, -0.2) is 32.8 Å². The zero-order valence-corrected chi connectivity index (χ0v) is 13.0. The van der Waals surface area contributed by atoms with E-state index in [9.17, 15) is 4.79 Å². The van der Waals surface area contributed by atoms with Crippen LogP contribution in [-0.2, 0) is 0 Å². The highest BCUT2D eigenvalue weighted by atomic mass is 16.1. The molecule has 118 valence electrons. The summed E-state index contributed by atoms with van der Waals surface area (Å²) in [6.45, 7) is 3.20.